The fraction of sp³-hybridized carbons (Fsp3) is 0.867. The molecule has 1 saturated heterocycles. The Hall–Kier alpha value is -0.750. The molecule has 2 unspecified atom stereocenters. The molecule has 21 heavy (non-hydrogen) atoms. The van der Waals surface area contributed by atoms with Crippen LogP contribution >= 0.6 is 11.8 Å². The Bertz CT molecular complexity index is 358. The van der Waals surface area contributed by atoms with E-state index in [1.54, 1.807) is 11.8 Å². The van der Waals surface area contributed by atoms with Crippen molar-refractivity contribution in [2.75, 3.05) is 11.5 Å². The molecule has 1 heterocycles. The van der Waals surface area contributed by atoms with Crippen LogP contribution in [-0.2, 0) is 14.3 Å². The minimum atomic E-state index is -0.971. The topological polar surface area (TPSA) is 75.6 Å². The van der Waals surface area contributed by atoms with E-state index >= 15 is 0 Å². The number of carbonyl (C=O) groups is 2. The van der Waals surface area contributed by atoms with Crippen LogP contribution in [0.4, 0.5) is 0 Å². The van der Waals surface area contributed by atoms with Crippen molar-refractivity contribution in [3.63, 3.8) is 0 Å². The van der Waals surface area contributed by atoms with Crippen LogP contribution in [0, 0.1) is 0 Å². The van der Waals surface area contributed by atoms with E-state index in [1.807, 2.05) is 0 Å². The highest BCUT2D eigenvalue weighted by molar-refractivity contribution is 7.99. The van der Waals surface area contributed by atoms with Crippen LogP contribution in [0.3, 0.4) is 0 Å². The summed E-state index contributed by atoms with van der Waals surface area (Å²) in [6.45, 7) is 0. The first-order valence-electron chi connectivity index (χ1n) is 7.83. The molecule has 0 aromatic carbocycles. The van der Waals surface area contributed by atoms with Crippen LogP contribution in [0.2, 0.25) is 0 Å². The Morgan fingerprint density at radius 2 is 2.14 bits per heavy atom. The summed E-state index contributed by atoms with van der Waals surface area (Å²) in [7, 11) is 0. The number of carboxylic acids is 1. The lowest BCUT2D eigenvalue weighted by Gasteiger charge is -2.33. The molecule has 0 aromatic rings. The fourth-order valence-electron chi connectivity index (χ4n) is 3.35. The van der Waals surface area contributed by atoms with Gasteiger partial charge in [-0.05, 0) is 37.9 Å². The van der Waals surface area contributed by atoms with E-state index in [-0.39, 0.29) is 5.60 Å². The molecule has 5 nitrogen and oxygen atoms in total. The van der Waals surface area contributed by atoms with Crippen molar-refractivity contribution in [2.24, 2.45) is 0 Å². The number of rotatable bonds is 8. The average molecular weight is 315 g/mol. The predicted octanol–water partition coefficient (Wildman–Crippen LogP) is 2.19. The second-order valence-corrected chi connectivity index (χ2v) is 7.21. The lowest BCUT2D eigenvalue weighted by atomic mass is 9.83. The van der Waals surface area contributed by atoms with Crippen LogP contribution in [-0.4, -0.2) is 46.7 Å². The van der Waals surface area contributed by atoms with E-state index in [9.17, 15) is 9.59 Å². The third-order valence-corrected chi connectivity index (χ3v) is 5.66. The van der Waals surface area contributed by atoms with Crippen LogP contribution < -0.4 is 5.32 Å². The molecule has 1 amide bonds. The Labute approximate surface area is 130 Å². The molecule has 0 radical (unpaired) electrons. The van der Waals surface area contributed by atoms with Gasteiger partial charge in [0.15, 0.2) is 0 Å². The maximum absolute atomic E-state index is 10.9. The summed E-state index contributed by atoms with van der Waals surface area (Å²) >= 11 is 1.73. The lowest BCUT2D eigenvalue weighted by molar-refractivity contribution is -0.140. The van der Waals surface area contributed by atoms with Gasteiger partial charge in [-0.3, -0.25) is 4.79 Å². The Morgan fingerprint density at radius 1 is 1.38 bits per heavy atom. The molecule has 1 aliphatic carbocycles. The van der Waals surface area contributed by atoms with Crippen LogP contribution in [0.5, 0.6) is 0 Å². The van der Waals surface area contributed by atoms with Crippen molar-refractivity contribution in [2.45, 2.75) is 69.1 Å². The normalized spacial score (nSPS) is 25.6. The number of amides is 1. The summed E-state index contributed by atoms with van der Waals surface area (Å²) in [5.41, 5.74) is 0.159. The molecule has 2 atom stereocenters. The van der Waals surface area contributed by atoms with Gasteiger partial charge in [0.25, 0.3) is 0 Å². The van der Waals surface area contributed by atoms with E-state index in [4.69, 9.17) is 9.84 Å². The van der Waals surface area contributed by atoms with E-state index in [2.05, 4.69) is 5.32 Å². The number of hydrogen-bond acceptors (Lipinski definition) is 4. The summed E-state index contributed by atoms with van der Waals surface area (Å²) < 4.78 is 6.28. The lowest BCUT2D eigenvalue weighted by Crippen LogP contribution is -2.36. The first kappa shape index (κ1) is 16.6. The molecule has 1 saturated carbocycles. The van der Waals surface area contributed by atoms with Crippen LogP contribution in [0.15, 0.2) is 0 Å². The van der Waals surface area contributed by atoms with Gasteiger partial charge in [-0.2, -0.15) is 11.8 Å². The number of hydrogen-bond donors (Lipinski definition) is 2. The highest BCUT2D eigenvalue weighted by Gasteiger charge is 2.40. The largest absolute Gasteiger partial charge is 0.480 e. The Balaban J connectivity index is 1.63. The molecule has 120 valence electrons. The zero-order valence-electron chi connectivity index (χ0n) is 12.4. The third-order valence-electron chi connectivity index (χ3n) is 4.53. The molecule has 0 aromatic heterocycles. The molecule has 2 N–H and O–H groups in total. The van der Waals surface area contributed by atoms with Crippen LogP contribution in [0.1, 0.15) is 51.4 Å². The first-order chi connectivity index (χ1) is 10.2. The zero-order chi connectivity index (χ0) is 15.1. The smallest absolute Gasteiger partial charge is 0.326 e. The maximum Gasteiger partial charge on any atom is 0.326 e. The van der Waals surface area contributed by atoms with Crippen molar-refractivity contribution in [3.8, 4) is 0 Å². The van der Waals surface area contributed by atoms with Crippen molar-refractivity contribution in [3.05, 3.63) is 0 Å². The third kappa shape index (κ3) is 4.88. The Morgan fingerprint density at radius 3 is 2.81 bits per heavy atom. The van der Waals surface area contributed by atoms with Crippen molar-refractivity contribution in [1.82, 2.24) is 5.32 Å². The number of nitrogens with one attached hydrogen (secondary N) is 1. The molecule has 6 heteroatoms. The molecule has 2 aliphatic rings. The molecule has 0 bridgehead atoms. The fourth-order valence-corrected chi connectivity index (χ4v) is 4.42. The van der Waals surface area contributed by atoms with E-state index in [0.717, 1.165) is 17.9 Å². The minimum Gasteiger partial charge on any atom is -0.480 e. The van der Waals surface area contributed by atoms with Crippen LogP contribution in [0.25, 0.3) is 0 Å². The van der Waals surface area contributed by atoms with Crippen molar-refractivity contribution >= 4 is 24.1 Å². The van der Waals surface area contributed by atoms with Crippen molar-refractivity contribution < 1.29 is 19.4 Å². The van der Waals surface area contributed by atoms with Crippen molar-refractivity contribution in [1.29, 1.82) is 0 Å². The highest BCUT2D eigenvalue weighted by Crippen LogP contribution is 2.42. The number of aliphatic carboxylic acids is 1. The molecular formula is C15H25NO4S. The standard InChI is InChI=1S/C15H25NO4S/c17-11-16-13(14(18)19)5-9-21-10-12-4-8-15(20-12)6-2-1-3-7-15/h11-13H,1-10H2,(H,16,17)(H,18,19). The summed E-state index contributed by atoms with van der Waals surface area (Å²) in [6, 6.07) is -0.774. The summed E-state index contributed by atoms with van der Waals surface area (Å²) in [5.74, 6) is 0.681. The van der Waals surface area contributed by atoms with Gasteiger partial charge in [-0.1, -0.05) is 19.3 Å². The van der Waals surface area contributed by atoms with Gasteiger partial charge in [-0.15, -0.1) is 0 Å². The quantitative estimate of drug-likeness (QED) is 0.530. The highest BCUT2D eigenvalue weighted by atomic mass is 32.2. The summed E-state index contributed by atoms with van der Waals surface area (Å²) in [5, 5.41) is 11.3. The van der Waals surface area contributed by atoms with Gasteiger partial charge in [0, 0.05) is 5.75 Å². The molecule has 1 spiro atoms. The minimum absolute atomic E-state index is 0.159. The maximum atomic E-state index is 10.9. The van der Waals surface area contributed by atoms with Gasteiger partial charge >= 0.3 is 5.97 Å². The van der Waals surface area contributed by atoms with Gasteiger partial charge in [-0.25, -0.2) is 4.79 Å². The number of ether oxygens (including phenoxy) is 1. The van der Waals surface area contributed by atoms with Gasteiger partial charge in [0.2, 0.25) is 6.41 Å². The predicted molar refractivity (Wildman–Crippen MR) is 82.5 cm³/mol. The zero-order valence-corrected chi connectivity index (χ0v) is 13.2. The van der Waals surface area contributed by atoms with E-state index in [1.165, 1.54) is 38.5 Å². The Kier molecular flexibility index (Phi) is 6.36. The van der Waals surface area contributed by atoms with Gasteiger partial charge in [0.05, 0.1) is 11.7 Å². The number of carboxylic acid groups (broad SMARTS) is 1. The number of carbonyl (C=O) groups excluding carboxylic acids is 1. The first-order valence-corrected chi connectivity index (χ1v) is 8.99. The van der Waals surface area contributed by atoms with Gasteiger partial charge in [0.1, 0.15) is 6.04 Å². The second-order valence-electron chi connectivity index (χ2n) is 6.06. The SMILES string of the molecule is O=CNC(CCSCC1CCC2(CCCCC2)O1)C(=O)O. The van der Waals surface area contributed by atoms with Gasteiger partial charge < -0.3 is 15.2 Å². The average Bonchev–Trinajstić information content (AvgIpc) is 2.85. The molecular weight excluding hydrogens is 290 g/mol. The number of thioether (sulfide) groups is 1. The van der Waals surface area contributed by atoms with E-state index < -0.39 is 12.0 Å². The molecule has 2 fully saturated rings. The molecule has 1 aliphatic heterocycles. The van der Waals surface area contributed by atoms with E-state index in [0.29, 0.717) is 18.9 Å². The monoisotopic (exact) mass is 315 g/mol. The summed E-state index contributed by atoms with van der Waals surface area (Å²) in [6.07, 6.45) is 9.87. The second kappa shape index (κ2) is 8.03. The summed E-state index contributed by atoms with van der Waals surface area (Å²) in [4.78, 5) is 21.2. The molecule has 2 rings (SSSR count).